The number of hydrogen-bond acceptors (Lipinski definition) is 8. The average Bonchev–Trinajstić information content (AvgIpc) is 3.51. The largest absolute Gasteiger partial charge is 0.426 e. The lowest BCUT2D eigenvalue weighted by Crippen LogP contribution is -2.41. The Morgan fingerprint density at radius 1 is 1.08 bits per heavy atom. The van der Waals surface area contributed by atoms with Crippen LogP contribution in [-0.4, -0.2) is 69.7 Å². The van der Waals surface area contributed by atoms with Crippen LogP contribution in [0.5, 0.6) is 5.75 Å². The Balaban J connectivity index is 1.48. The van der Waals surface area contributed by atoms with Gasteiger partial charge in [0.05, 0.1) is 34.6 Å². The van der Waals surface area contributed by atoms with Crippen molar-refractivity contribution in [3.05, 3.63) is 59.7 Å². The second-order valence-corrected chi connectivity index (χ2v) is 10.4. The maximum Gasteiger partial charge on any atom is 0.298 e. The van der Waals surface area contributed by atoms with E-state index < -0.39 is 0 Å². The van der Waals surface area contributed by atoms with Crippen LogP contribution in [0, 0.1) is 12.3 Å². The molecule has 0 atom stereocenters. The highest BCUT2D eigenvalue weighted by molar-refractivity contribution is 5.97. The molecule has 1 aromatic carbocycles. The van der Waals surface area contributed by atoms with Crippen molar-refractivity contribution in [2.45, 2.75) is 32.6 Å². The van der Waals surface area contributed by atoms with Crippen molar-refractivity contribution in [3.63, 3.8) is 0 Å². The first kappa shape index (κ1) is 23.5. The fraction of sp³-hybridized carbons (Fsp3) is 0.393. The van der Waals surface area contributed by atoms with Gasteiger partial charge in [-0.2, -0.15) is 5.10 Å². The molecule has 9 heteroatoms. The Kier molecular flexibility index (Phi) is 6.08. The number of rotatable bonds is 6. The standard InChI is InChI=1S/C28H31N7O2/c1-19-21(15-30-33-19)26-31-23-16-29-22(14-20-6-4-3-5-7-20)25(37-18-36)24(23)27(32-26)35-12-9-28(10-13-35)8-11-34(2)17-28/h3-7,15-16,18H,8-14,17H2,1-2H3,(H,30,33). The Hall–Kier alpha value is -3.85. The van der Waals surface area contributed by atoms with E-state index in [2.05, 4.69) is 27.0 Å². The number of anilines is 1. The van der Waals surface area contributed by atoms with Crippen molar-refractivity contribution in [1.29, 1.82) is 0 Å². The summed E-state index contributed by atoms with van der Waals surface area (Å²) in [6, 6.07) is 10.1. The molecule has 2 aliphatic heterocycles. The second kappa shape index (κ2) is 9.55. The first-order chi connectivity index (χ1) is 18.0. The third-order valence-electron chi connectivity index (χ3n) is 7.95. The zero-order chi connectivity index (χ0) is 25.4. The molecule has 0 radical (unpaired) electrons. The predicted octanol–water partition coefficient (Wildman–Crippen LogP) is 3.77. The molecule has 0 amide bonds. The van der Waals surface area contributed by atoms with Crippen molar-refractivity contribution >= 4 is 23.2 Å². The minimum Gasteiger partial charge on any atom is -0.426 e. The Bertz CT molecular complexity index is 1430. The zero-order valence-corrected chi connectivity index (χ0v) is 21.3. The lowest BCUT2D eigenvalue weighted by Gasteiger charge is -2.40. The molecule has 2 aliphatic rings. The Morgan fingerprint density at radius 2 is 1.86 bits per heavy atom. The van der Waals surface area contributed by atoms with Gasteiger partial charge >= 0.3 is 0 Å². The molecule has 0 saturated carbocycles. The minimum atomic E-state index is 0.375. The van der Waals surface area contributed by atoms with Gasteiger partial charge in [-0.05, 0) is 50.8 Å². The number of nitrogens with zero attached hydrogens (tertiary/aromatic N) is 6. The van der Waals surface area contributed by atoms with Gasteiger partial charge in [0, 0.05) is 31.7 Å². The van der Waals surface area contributed by atoms with Gasteiger partial charge in [-0.1, -0.05) is 30.3 Å². The normalized spacial score (nSPS) is 17.5. The van der Waals surface area contributed by atoms with Crippen LogP contribution >= 0.6 is 0 Å². The van der Waals surface area contributed by atoms with Gasteiger partial charge in [-0.25, -0.2) is 9.97 Å². The predicted molar refractivity (Wildman–Crippen MR) is 142 cm³/mol. The first-order valence-corrected chi connectivity index (χ1v) is 12.8. The number of nitrogens with one attached hydrogen (secondary N) is 1. The summed E-state index contributed by atoms with van der Waals surface area (Å²) < 4.78 is 5.64. The molecular formula is C28H31N7O2. The summed E-state index contributed by atoms with van der Waals surface area (Å²) in [5, 5.41) is 7.89. The number of ether oxygens (including phenoxy) is 1. The van der Waals surface area contributed by atoms with Gasteiger partial charge in [0.2, 0.25) is 0 Å². The number of benzene rings is 1. The number of carbonyl (C=O) groups excluding carboxylic acids is 1. The first-order valence-electron chi connectivity index (χ1n) is 12.8. The number of H-pyrrole nitrogens is 1. The topological polar surface area (TPSA) is 100 Å². The van der Waals surface area contributed by atoms with E-state index in [9.17, 15) is 4.79 Å². The molecule has 0 bridgehead atoms. The van der Waals surface area contributed by atoms with Crippen LogP contribution < -0.4 is 9.64 Å². The SMILES string of the molecule is Cc1[nH]ncc1-c1nc(N2CCC3(CCN(C)C3)CC2)c2c(OC=O)c(Cc3ccccc3)ncc2n1. The second-order valence-electron chi connectivity index (χ2n) is 10.4. The van der Waals surface area contributed by atoms with Gasteiger partial charge < -0.3 is 14.5 Å². The molecule has 37 heavy (non-hydrogen) atoms. The summed E-state index contributed by atoms with van der Waals surface area (Å²) in [5.74, 6) is 1.81. The monoisotopic (exact) mass is 497 g/mol. The molecule has 1 spiro atoms. The lowest BCUT2D eigenvalue weighted by atomic mass is 9.78. The van der Waals surface area contributed by atoms with Crippen LogP contribution in [0.15, 0.2) is 42.7 Å². The highest BCUT2D eigenvalue weighted by Gasteiger charge is 2.40. The molecule has 0 unspecified atom stereocenters. The molecule has 5 heterocycles. The van der Waals surface area contributed by atoms with Crippen molar-refractivity contribution in [2.75, 3.05) is 38.1 Å². The minimum absolute atomic E-state index is 0.375. The van der Waals surface area contributed by atoms with Crippen LogP contribution in [0.1, 0.15) is 36.2 Å². The summed E-state index contributed by atoms with van der Waals surface area (Å²) in [6.07, 6.45) is 7.51. The van der Waals surface area contributed by atoms with Crippen LogP contribution in [0.3, 0.4) is 0 Å². The van der Waals surface area contributed by atoms with Crippen LogP contribution in [-0.2, 0) is 11.2 Å². The molecule has 0 aliphatic carbocycles. The number of piperidine rings is 1. The van der Waals surface area contributed by atoms with E-state index >= 15 is 0 Å². The van der Waals surface area contributed by atoms with Crippen molar-refractivity contribution in [1.82, 2.24) is 30.0 Å². The molecule has 1 N–H and O–H groups in total. The summed E-state index contributed by atoms with van der Waals surface area (Å²) in [5.41, 5.74) is 4.54. The molecule has 2 fully saturated rings. The van der Waals surface area contributed by atoms with Gasteiger partial charge in [-0.15, -0.1) is 0 Å². The molecular weight excluding hydrogens is 466 g/mol. The van der Waals surface area contributed by atoms with E-state index in [1.54, 1.807) is 12.4 Å². The molecule has 4 aromatic rings. The number of aryl methyl sites for hydroxylation is 1. The molecule has 190 valence electrons. The van der Waals surface area contributed by atoms with Crippen LogP contribution in [0.2, 0.25) is 0 Å². The number of likely N-dealkylation sites (tertiary alicyclic amines) is 1. The fourth-order valence-electron chi connectivity index (χ4n) is 5.89. The summed E-state index contributed by atoms with van der Waals surface area (Å²) in [6.45, 7) is 6.52. The number of aromatic amines is 1. The summed E-state index contributed by atoms with van der Waals surface area (Å²) >= 11 is 0. The third kappa shape index (κ3) is 4.44. The lowest BCUT2D eigenvalue weighted by molar-refractivity contribution is -0.120. The molecule has 2 saturated heterocycles. The van der Waals surface area contributed by atoms with E-state index in [0.717, 1.165) is 67.0 Å². The maximum absolute atomic E-state index is 11.7. The van der Waals surface area contributed by atoms with Gasteiger partial charge in [0.1, 0.15) is 5.82 Å². The van der Waals surface area contributed by atoms with Crippen molar-refractivity contribution in [2.24, 2.45) is 5.41 Å². The Labute approximate surface area is 215 Å². The van der Waals surface area contributed by atoms with E-state index in [1.165, 1.54) is 6.42 Å². The number of carbonyl (C=O) groups is 1. The number of hydrogen-bond donors (Lipinski definition) is 1. The van der Waals surface area contributed by atoms with Crippen LogP contribution in [0.25, 0.3) is 22.3 Å². The molecule has 9 nitrogen and oxygen atoms in total. The average molecular weight is 498 g/mol. The third-order valence-corrected chi connectivity index (χ3v) is 7.95. The quantitative estimate of drug-likeness (QED) is 0.402. The van der Waals surface area contributed by atoms with E-state index in [4.69, 9.17) is 19.7 Å². The highest BCUT2D eigenvalue weighted by atomic mass is 16.5. The smallest absolute Gasteiger partial charge is 0.298 e. The van der Waals surface area contributed by atoms with Crippen molar-refractivity contribution in [3.8, 4) is 17.1 Å². The fourth-order valence-corrected chi connectivity index (χ4v) is 5.89. The molecule has 3 aromatic heterocycles. The van der Waals surface area contributed by atoms with Gasteiger partial charge in [0.15, 0.2) is 11.6 Å². The number of fused-ring (bicyclic) bond motifs is 1. The van der Waals surface area contributed by atoms with Gasteiger partial charge in [0.25, 0.3) is 6.47 Å². The highest BCUT2D eigenvalue weighted by Crippen LogP contribution is 2.43. The van der Waals surface area contributed by atoms with E-state index in [1.807, 2.05) is 37.3 Å². The molecule has 6 rings (SSSR count). The van der Waals surface area contributed by atoms with Crippen LogP contribution in [0.4, 0.5) is 5.82 Å². The van der Waals surface area contributed by atoms with Crippen molar-refractivity contribution < 1.29 is 9.53 Å². The number of aromatic nitrogens is 5. The van der Waals surface area contributed by atoms with E-state index in [0.29, 0.717) is 41.1 Å². The Morgan fingerprint density at radius 3 is 2.54 bits per heavy atom. The van der Waals surface area contributed by atoms with Gasteiger partial charge in [-0.3, -0.25) is 14.9 Å². The number of pyridine rings is 1. The van der Waals surface area contributed by atoms with E-state index in [-0.39, 0.29) is 0 Å². The summed E-state index contributed by atoms with van der Waals surface area (Å²) in [4.78, 5) is 31.1. The summed E-state index contributed by atoms with van der Waals surface area (Å²) in [7, 11) is 2.21. The zero-order valence-electron chi connectivity index (χ0n) is 21.3. The maximum atomic E-state index is 11.7.